The lowest BCUT2D eigenvalue weighted by Gasteiger charge is -2.27. The van der Waals surface area contributed by atoms with Crippen LogP contribution in [0.15, 0.2) is 34.7 Å². The van der Waals surface area contributed by atoms with Gasteiger partial charge in [-0.05, 0) is 87.6 Å². The van der Waals surface area contributed by atoms with Gasteiger partial charge in [0, 0.05) is 32.2 Å². The molecule has 1 aromatic heterocycles. The number of rotatable bonds is 5. The summed E-state index contributed by atoms with van der Waals surface area (Å²) in [5.74, 6) is 1.95. The van der Waals surface area contributed by atoms with Crippen LogP contribution in [0.3, 0.4) is 0 Å². The molecule has 1 unspecified atom stereocenters. The van der Waals surface area contributed by atoms with Crippen LogP contribution in [0, 0.1) is 0 Å². The van der Waals surface area contributed by atoms with Crippen molar-refractivity contribution in [3.05, 3.63) is 47.4 Å². The third-order valence-electron chi connectivity index (χ3n) is 7.20. The Morgan fingerprint density at radius 2 is 1.88 bits per heavy atom. The lowest BCUT2D eigenvalue weighted by molar-refractivity contribution is 0.0481. The molecule has 1 saturated carbocycles. The Hall–Kier alpha value is -2.31. The molecule has 172 valence electrons. The summed E-state index contributed by atoms with van der Waals surface area (Å²) in [5.41, 5.74) is 2.52. The largest absolute Gasteiger partial charge is 0.456 e. The van der Waals surface area contributed by atoms with Gasteiger partial charge in [-0.3, -0.25) is 4.79 Å². The molecule has 6 heteroatoms. The first-order chi connectivity index (χ1) is 15.5. The van der Waals surface area contributed by atoms with Crippen LogP contribution in [0.1, 0.15) is 85.6 Å². The van der Waals surface area contributed by atoms with Crippen LogP contribution in [0.25, 0.3) is 0 Å². The zero-order chi connectivity index (χ0) is 22.1. The number of carbonyl (C=O) groups excluding carboxylic acids is 1. The van der Waals surface area contributed by atoms with Crippen molar-refractivity contribution in [3.63, 3.8) is 0 Å². The van der Waals surface area contributed by atoms with Gasteiger partial charge in [-0.25, -0.2) is 0 Å². The van der Waals surface area contributed by atoms with Crippen molar-refractivity contribution < 1.29 is 19.1 Å². The Bertz CT molecular complexity index is 956. The number of nitrogens with one attached hydrogen (secondary N) is 1. The summed E-state index contributed by atoms with van der Waals surface area (Å²) >= 11 is 0. The summed E-state index contributed by atoms with van der Waals surface area (Å²) in [6.07, 6.45) is 6.74. The van der Waals surface area contributed by atoms with Gasteiger partial charge in [0.25, 0.3) is 5.91 Å². The number of furan rings is 1. The van der Waals surface area contributed by atoms with E-state index in [0.29, 0.717) is 17.6 Å². The van der Waals surface area contributed by atoms with Crippen molar-refractivity contribution in [2.75, 3.05) is 36.5 Å². The van der Waals surface area contributed by atoms with Gasteiger partial charge in [0.05, 0.1) is 17.0 Å². The van der Waals surface area contributed by atoms with Crippen LogP contribution in [0.2, 0.25) is 0 Å². The van der Waals surface area contributed by atoms with Gasteiger partial charge in [0.15, 0.2) is 5.76 Å². The standard InChI is InChI=1S/C26H34N2O4/c1-26(30)11-2-13-28(14-12-26)22-6-5-20(18-3-4-18)17-21(22)27-25(29)24-8-7-23(32-24)19-9-15-31-16-10-19/h5-8,17-19,30H,2-4,9-16H2,1H3,(H,27,29). The van der Waals surface area contributed by atoms with Crippen LogP contribution in [-0.2, 0) is 4.74 Å². The van der Waals surface area contributed by atoms with Crippen molar-refractivity contribution in [1.29, 1.82) is 0 Å². The minimum Gasteiger partial charge on any atom is -0.456 e. The SMILES string of the molecule is CC1(O)CCCN(c2ccc(C3CC3)cc2NC(=O)c2ccc(C3CCOCC3)o2)CC1. The molecule has 2 N–H and O–H groups in total. The third kappa shape index (κ3) is 4.86. The fraction of sp³-hybridized carbons (Fsp3) is 0.577. The van der Waals surface area contributed by atoms with Crippen LogP contribution in [0.4, 0.5) is 11.4 Å². The Labute approximate surface area is 189 Å². The van der Waals surface area contributed by atoms with E-state index in [-0.39, 0.29) is 5.91 Å². The van der Waals surface area contributed by atoms with Crippen LogP contribution >= 0.6 is 0 Å². The summed E-state index contributed by atoms with van der Waals surface area (Å²) in [5, 5.41) is 13.6. The number of hydrogen-bond donors (Lipinski definition) is 2. The van der Waals surface area contributed by atoms with E-state index < -0.39 is 5.60 Å². The normalized spacial score (nSPS) is 24.9. The monoisotopic (exact) mass is 438 g/mol. The maximum atomic E-state index is 13.1. The summed E-state index contributed by atoms with van der Waals surface area (Å²) in [7, 11) is 0. The fourth-order valence-electron chi connectivity index (χ4n) is 4.96. The summed E-state index contributed by atoms with van der Waals surface area (Å²) < 4.78 is 11.4. The number of ether oxygens (including phenoxy) is 1. The number of nitrogens with zero attached hydrogens (tertiary/aromatic N) is 1. The third-order valence-corrected chi connectivity index (χ3v) is 7.20. The van der Waals surface area contributed by atoms with Crippen molar-refractivity contribution in [2.45, 2.75) is 69.3 Å². The van der Waals surface area contributed by atoms with E-state index in [0.717, 1.165) is 75.5 Å². The molecule has 3 heterocycles. The van der Waals surface area contributed by atoms with Gasteiger partial charge in [0.2, 0.25) is 0 Å². The molecule has 3 aliphatic rings. The molecular formula is C26H34N2O4. The van der Waals surface area contributed by atoms with Gasteiger partial charge < -0.3 is 24.5 Å². The maximum Gasteiger partial charge on any atom is 0.291 e. The summed E-state index contributed by atoms with van der Waals surface area (Å²) in [4.78, 5) is 15.4. The van der Waals surface area contributed by atoms with Crippen LogP contribution in [0.5, 0.6) is 0 Å². The van der Waals surface area contributed by atoms with E-state index >= 15 is 0 Å². The van der Waals surface area contributed by atoms with Gasteiger partial charge >= 0.3 is 0 Å². The van der Waals surface area contributed by atoms with Gasteiger partial charge in [0.1, 0.15) is 5.76 Å². The molecule has 1 aliphatic carbocycles. The Kier molecular flexibility index (Phi) is 5.99. The molecule has 1 aromatic carbocycles. The topological polar surface area (TPSA) is 74.9 Å². The average Bonchev–Trinajstić information content (AvgIpc) is 3.55. The molecule has 1 atom stereocenters. The molecular weight excluding hydrogens is 404 g/mol. The number of aliphatic hydroxyl groups is 1. The first-order valence-corrected chi connectivity index (χ1v) is 12.1. The van der Waals surface area contributed by atoms with E-state index in [4.69, 9.17) is 9.15 Å². The maximum absolute atomic E-state index is 13.1. The molecule has 0 bridgehead atoms. The summed E-state index contributed by atoms with van der Waals surface area (Å²) in [6, 6.07) is 10.2. The average molecular weight is 439 g/mol. The summed E-state index contributed by atoms with van der Waals surface area (Å²) in [6.45, 7) is 5.05. The van der Waals surface area contributed by atoms with Gasteiger partial charge in [-0.15, -0.1) is 0 Å². The first-order valence-electron chi connectivity index (χ1n) is 12.1. The smallest absolute Gasteiger partial charge is 0.291 e. The predicted molar refractivity (Wildman–Crippen MR) is 125 cm³/mol. The van der Waals surface area contributed by atoms with Crippen molar-refractivity contribution in [1.82, 2.24) is 0 Å². The molecule has 2 saturated heterocycles. The molecule has 3 fully saturated rings. The lowest BCUT2D eigenvalue weighted by Crippen LogP contribution is -2.29. The fourth-order valence-corrected chi connectivity index (χ4v) is 4.96. The molecule has 0 radical (unpaired) electrons. The lowest BCUT2D eigenvalue weighted by atomic mass is 9.98. The van der Waals surface area contributed by atoms with Gasteiger partial charge in [-0.2, -0.15) is 0 Å². The van der Waals surface area contributed by atoms with Gasteiger partial charge in [-0.1, -0.05) is 6.07 Å². The molecule has 5 rings (SSSR count). The molecule has 2 aromatic rings. The minimum absolute atomic E-state index is 0.209. The highest BCUT2D eigenvalue weighted by molar-refractivity contribution is 6.04. The zero-order valence-corrected chi connectivity index (χ0v) is 18.9. The Morgan fingerprint density at radius 3 is 2.66 bits per heavy atom. The molecule has 0 spiro atoms. The minimum atomic E-state index is -0.624. The zero-order valence-electron chi connectivity index (χ0n) is 18.9. The van der Waals surface area contributed by atoms with Crippen molar-refractivity contribution >= 4 is 17.3 Å². The van der Waals surface area contributed by atoms with Crippen LogP contribution in [-0.4, -0.2) is 42.9 Å². The Balaban J connectivity index is 1.36. The second kappa shape index (κ2) is 8.91. The van der Waals surface area contributed by atoms with E-state index in [1.165, 1.54) is 18.4 Å². The second-order valence-electron chi connectivity index (χ2n) is 9.93. The second-order valence-corrected chi connectivity index (χ2v) is 9.93. The first kappa shape index (κ1) is 21.5. The number of carbonyl (C=O) groups is 1. The van der Waals surface area contributed by atoms with E-state index in [2.05, 4.69) is 28.4 Å². The molecule has 1 amide bonds. The Morgan fingerprint density at radius 1 is 1.06 bits per heavy atom. The highest BCUT2D eigenvalue weighted by Crippen LogP contribution is 2.43. The predicted octanol–water partition coefficient (Wildman–Crippen LogP) is 5.04. The molecule has 2 aliphatic heterocycles. The quantitative estimate of drug-likeness (QED) is 0.684. The number of hydrogen-bond acceptors (Lipinski definition) is 5. The number of benzene rings is 1. The van der Waals surface area contributed by atoms with Crippen molar-refractivity contribution in [3.8, 4) is 0 Å². The van der Waals surface area contributed by atoms with E-state index in [9.17, 15) is 9.90 Å². The number of amides is 1. The molecule has 6 nitrogen and oxygen atoms in total. The number of anilines is 2. The van der Waals surface area contributed by atoms with E-state index in [1.54, 1.807) is 6.07 Å². The highest BCUT2D eigenvalue weighted by Gasteiger charge is 2.29. The van der Waals surface area contributed by atoms with E-state index in [1.807, 2.05) is 13.0 Å². The molecule has 32 heavy (non-hydrogen) atoms. The highest BCUT2D eigenvalue weighted by atomic mass is 16.5. The van der Waals surface area contributed by atoms with Crippen molar-refractivity contribution in [2.24, 2.45) is 0 Å². The van der Waals surface area contributed by atoms with Crippen LogP contribution < -0.4 is 10.2 Å².